The lowest BCUT2D eigenvalue weighted by molar-refractivity contribution is -0.133. The standard InChI is InChI=1S/C14H29N3O/c1-12(7-10-17(2)3)16-13(18)14(11-15)8-5-4-6-9-14/h12H,4-11,15H2,1-3H3,(H,16,18). The molecule has 4 nitrogen and oxygen atoms in total. The molecule has 1 atom stereocenters. The minimum atomic E-state index is -0.287. The number of amides is 1. The predicted molar refractivity (Wildman–Crippen MR) is 75.3 cm³/mol. The van der Waals surface area contributed by atoms with Crippen LogP contribution >= 0.6 is 0 Å². The highest BCUT2D eigenvalue weighted by molar-refractivity contribution is 5.83. The lowest BCUT2D eigenvalue weighted by Gasteiger charge is -2.35. The van der Waals surface area contributed by atoms with Gasteiger partial charge in [-0.25, -0.2) is 0 Å². The van der Waals surface area contributed by atoms with E-state index in [2.05, 4.69) is 31.2 Å². The third kappa shape index (κ3) is 4.25. The molecule has 3 N–H and O–H groups in total. The molecule has 1 amide bonds. The van der Waals surface area contributed by atoms with E-state index in [0.29, 0.717) is 6.54 Å². The monoisotopic (exact) mass is 255 g/mol. The zero-order valence-corrected chi connectivity index (χ0v) is 12.2. The SMILES string of the molecule is CC(CCN(C)C)NC(=O)C1(CN)CCCCC1. The van der Waals surface area contributed by atoms with Crippen molar-refractivity contribution in [2.75, 3.05) is 27.2 Å². The lowest BCUT2D eigenvalue weighted by Crippen LogP contribution is -2.50. The van der Waals surface area contributed by atoms with Crippen LogP contribution in [-0.2, 0) is 4.79 Å². The smallest absolute Gasteiger partial charge is 0.227 e. The Labute approximate surface area is 111 Å². The van der Waals surface area contributed by atoms with Gasteiger partial charge in [0.2, 0.25) is 5.91 Å². The van der Waals surface area contributed by atoms with Crippen LogP contribution in [0.3, 0.4) is 0 Å². The number of nitrogens with one attached hydrogen (secondary N) is 1. The molecule has 1 unspecified atom stereocenters. The van der Waals surface area contributed by atoms with Crippen molar-refractivity contribution in [3.63, 3.8) is 0 Å². The molecule has 4 heteroatoms. The highest BCUT2D eigenvalue weighted by atomic mass is 16.2. The van der Waals surface area contributed by atoms with Gasteiger partial charge in [-0.05, 0) is 46.8 Å². The number of rotatable bonds is 6. The van der Waals surface area contributed by atoms with Crippen LogP contribution in [0.15, 0.2) is 0 Å². The van der Waals surface area contributed by atoms with Crippen molar-refractivity contribution < 1.29 is 4.79 Å². The summed E-state index contributed by atoms with van der Waals surface area (Å²) in [6.45, 7) is 3.56. The molecule has 0 aromatic carbocycles. The van der Waals surface area contributed by atoms with Gasteiger partial charge >= 0.3 is 0 Å². The van der Waals surface area contributed by atoms with Gasteiger partial charge in [0.05, 0.1) is 5.41 Å². The third-order valence-corrected chi connectivity index (χ3v) is 4.07. The fourth-order valence-corrected chi connectivity index (χ4v) is 2.65. The molecule has 1 aliphatic rings. The summed E-state index contributed by atoms with van der Waals surface area (Å²) in [5.74, 6) is 0.177. The van der Waals surface area contributed by atoms with Crippen molar-refractivity contribution in [3.8, 4) is 0 Å². The molecule has 0 aromatic heterocycles. The molecule has 0 saturated heterocycles. The maximum Gasteiger partial charge on any atom is 0.227 e. The van der Waals surface area contributed by atoms with Gasteiger partial charge in [-0.2, -0.15) is 0 Å². The number of carbonyl (C=O) groups excluding carboxylic acids is 1. The number of hydrogen-bond donors (Lipinski definition) is 2. The number of nitrogens with zero attached hydrogens (tertiary/aromatic N) is 1. The molecule has 1 aliphatic carbocycles. The molecule has 1 fully saturated rings. The highest BCUT2D eigenvalue weighted by Crippen LogP contribution is 2.35. The number of carbonyl (C=O) groups is 1. The maximum absolute atomic E-state index is 12.4. The van der Waals surface area contributed by atoms with E-state index in [-0.39, 0.29) is 17.4 Å². The van der Waals surface area contributed by atoms with Gasteiger partial charge in [0.1, 0.15) is 0 Å². The topological polar surface area (TPSA) is 58.4 Å². The van der Waals surface area contributed by atoms with E-state index in [1.807, 2.05) is 0 Å². The molecule has 1 rings (SSSR count). The molecule has 0 aliphatic heterocycles. The summed E-state index contributed by atoms with van der Waals surface area (Å²) >= 11 is 0. The predicted octanol–water partition coefficient (Wildman–Crippen LogP) is 1.35. The Hall–Kier alpha value is -0.610. The minimum Gasteiger partial charge on any atom is -0.353 e. The highest BCUT2D eigenvalue weighted by Gasteiger charge is 2.38. The molecule has 1 saturated carbocycles. The number of nitrogens with two attached hydrogens (primary N) is 1. The third-order valence-electron chi connectivity index (χ3n) is 4.07. The average molecular weight is 255 g/mol. The van der Waals surface area contributed by atoms with Crippen LogP contribution in [0, 0.1) is 5.41 Å². The Morgan fingerprint density at radius 3 is 2.44 bits per heavy atom. The molecule has 0 aromatic rings. The summed E-state index contributed by atoms with van der Waals surface area (Å²) in [5, 5.41) is 3.15. The fraction of sp³-hybridized carbons (Fsp3) is 0.929. The fourth-order valence-electron chi connectivity index (χ4n) is 2.65. The quantitative estimate of drug-likeness (QED) is 0.753. The van der Waals surface area contributed by atoms with E-state index < -0.39 is 0 Å². The van der Waals surface area contributed by atoms with Crippen molar-refractivity contribution in [2.24, 2.45) is 11.1 Å². The van der Waals surface area contributed by atoms with E-state index >= 15 is 0 Å². The van der Waals surface area contributed by atoms with Crippen LogP contribution in [0.5, 0.6) is 0 Å². The summed E-state index contributed by atoms with van der Waals surface area (Å²) in [6.07, 6.45) is 6.41. The summed E-state index contributed by atoms with van der Waals surface area (Å²) < 4.78 is 0. The van der Waals surface area contributed by atoms with E-state index in [9.17, 15) is 4.79 Å². The first kappa shape index (κ1) is 15.4. The Balaban J connectivity index is 2.46. The Morgan fingerprint density at radius 1 is 1.33 bits per heavy atom. The second kappa shape index (κ2) is 7.10. The molecule has 18 heavy (non-hydrogen) atoms. The second-order valence-corrected chi connectivity index (χ2v) is 6.01. The largest absolute Gasteiger partial charge is 0.353 e. The summed E-state index contributed by atoms with van der Waals surface area (Å²) in [6, 6.07) is 0.227. The maximum atomic E-state index is 12.4. The number of hydrogen-bond acceptors (Lipinski definition) is 3. The van der Waals surface area contributed by atoms with Crippen LogP contribution in [0.25, 0.3) is 0 Å². The molecule has 0 spiro atoms. The first-order chi connectivity index (χ1) is 8.50. The van der Waals surface area contributed by atoms with E-state index in [1.54, 1.807) is 0 Å². The summed E-state index contributed by atoms with van der Waals surface area (Å²) in [4.78, 5) is 14.5. The Kier molecular flexibility index (Phi) is 6.09. The molecule has 106 valence electrons. The van der Waals surface area contributed by atoms with Gasteiger partial charge < -0.3 is 16.0 Å². The van der Waals surface area contributed by atoms with Gasteiger partial charge in [0.15, 0.2) is 0 Å². The molecule has 0 radical (unpaired) electrons. The van der Waals surface area contributed by atoms with Crippen molar-refractivity contribution in [1.82, 2.24) is 10.2 Å². The first-order valence-corrected chi connectivity index (χ1v) is 7.16. The molecular formula is C14H29N3O. The summed E-state index contributed by atoms with van der Waals surface area (Å²) in [5.41, 5.74) is 5.58. The van der Waals surface area contributed by atoms with Crippen molar-refractivity contribution in [1.29, 1.82) is 0 Å². The minimum absolute atomic E-state index is 0.177. The van der Waals surface area contributed by atoms with Gasteiger partial charge in [0, 0.05) is 12.6 Å². The van der Waals surface area contributed by atoms with Crippen LogP contribution in [0.1, 0.15) is 45.4 Å². The van der Waals surface area contributed by atoms with E-state index in [0.717, 1.165) is 38.6 Å². The zero-order valence-electron chi connectivity index (χ0n) is 12.2. The Bertz CT molecular complexity index is 260. The Morgan fingerprint density at radius 2 is 1.94 bits per heavy atom. The zero-order chi connectivity index (χ0) is 13.6. The van der Waals surface area contributed by atoms with Crippen molar-refractivity contribution in [3.05, 3.63) is 0 Å². The molecule has 0 bridgehead atoms. The molecular weight excluding hydrogens is 226 g/mol. The van der Waals surface area contributed by atoms with Gasteiger partial charge in [-0.1, -0.05) is 19.3 Å². The van der Waals surface area contributed by atoms with Crippen LogP contribution < -0.4 is 11.1 Å². The van der Waals surface area contributed by atoms with Gasteiger partial charge in [-0.3, -0.25) is 4.79 Å². The summed E-state index contributed by atoms with van der Waals surface area (Å²) in [7, 11) is 4.11. The van der Waals surface area contributed by atoms with Crippen LogP contribution in [0.4, 0.5) is 0 Å². The average Bonchev–Trinajstić information content (AvgIpc) is 2.37. The van der Waals surface area contributed by atoms with Crippen molar-refractivity contribution >= 4 is 5.91 Å². The first-order valence-electron chi connectivity index (χ1n) is 7.16. The van der Waals surface area contributed by atoms with Crippen molar-refractivity contribution in [2.45, 2.75) is 51.5 Å². The second-order valence-electron chi connectivity index (χ2n) is 6.01. The van der Waals surface area contributed by atoms with Crippen LogP contribution in [0.2, 0.25) is 0 Å². The molecule has 0 heterocycles. The van der Waals surface area contributed by atoms with E-state index in [1.165, 1.54) is 6.42 Å². The van der Waals surface area contributed by atoms with Crippen LogP contribution in [-0.4, -0.2) is 44.0 Å². The van der Waals surface area contributed by atoms with Gasteiger partial charge in [0.25, 0.3) is 0 Å². The lowest BCUT2D eigenvalue weighted by atomic mass is 9.73. The van der Waals surface area contributed by atoms with E-state index in [4.69, 9.17) is 5.73 Å². The van der Waals surface area contributed by atoms with Gasteiger partial charge in [-0.15, -0.1) is 0 Å². The normalized spacial score (nSPS) is 20.7.